The molecule has 1 amide bonds. The number of hydrogen-bond acceptors (Lipinski definition) is 6. The molecular formula is C20H25N5O3S. The average molecular weight is 416 g/mol. The van der Waals surface area contributed by atoms with E-state index in [2.05, 4.69) is 20.8 Å². The summed E-state index contributed by atoms with van der Waals surface area (Å²) in [6.07, 6.45) is 2.50. The Morgan fingerprint density at radius 1 is 1.10 bits per heavy atom. The molecule has 0 bridgehead atoms. The summed E-state index contributed by atoms with van der Waals surface area (Å²) in [6.45, 7) is 4.31. The third-order valence-electron chi connectivity index (χ3n) is 4.70. The van der Waals surface area contributed by atoms with E-state index in [1.54, 1.807) is 6.08 Å². The van der Waals surface area contributed by atoms with E-state index in [9.17, 15) is 13.2 Å². The van der Waals surface area contributed by atoms with Gasteiger partial charge in [-0.25, -0.2) is 18.4 Å². The fraction of sp³-hybridized carbons (Fsp3) is 0.350. The predicted molar refractivity (Wildman–Crippen MR) is 112 cm³/mol. The number of piperidine rings is 1. The molecule has 29 heavy (non-hydrogen) atoms. The van der Waals surface area contributed by atoms with Gasteiger partial charge in [0, 0.05) is 35.8 Å². The normalized spacial score (nSPS) is 16.1. The first-order chi connectivity index (χ1) is 13.8. The zero-order valence-electron chi connectivity index (χ0n) is 16.5. The number of anilines is 1. The molecule has 1 aliphatic heterocycles. The van der Waals surface area contributed by atoms with Crippen molar-refractivity contribution in [3.8, 4) is 0 Å². The van der Waals surface area contributed by atoms with Gasteiger partial charge >= 0.3 is 0 Å². The zero-order chi connectivity index (χ0) is 20.9. The van der Waals surface area contributed by atoms with Gasteiger partial charge in [-0.05, 0) is 44.4 Å². The fourth-order valence-corrected chi connectivity index (χ4v) is 4.41. The van der Waals surface area contributed by atoms with E-state index in [1.807, 2.05) is 50.2 Å². The van der Waals surface area contributed by atoms with Crippen molar-refractivity contribution in [3.63, 3.8) is 0 Å². The number of hydrazine groups is 1. The van der Waals surface area contributed by atoms with Crippen molar-refractivity contribution >= 4 is 28.0 Å². The highest BCUT2D eigenvalue weighted by molar-refractivity contribution is 7.92. The van der Waals surface area contributed by atoms with Crippen LogP contribution in [-0.4, -0.2) is 41.7 Å². The second-order valence-corrected chi connectivity index (χ2v) is 8.84. The van der Waals surface area contributed by atoms with Crippen molar-refractivity contribution in [2.45, 2.75) is 26.7 Å². The number of aromatic nitrogens is 2. The molecule has 154 valence electrons. The van der Waals surface area contributed by atoms with Gasteiger partial charge in [0.05, 0.1) is 0 Å². The molecule has 0 spiro atoms. The third kappa shape index (κ3) is 5.85. The second kappa shape index (κ2) is 9.15. The van der Waals surface area contributed by atoms with Crippen molar-refractivity contribution in [2.24, 2.45) is 5.92 Å². The number of nitrogens with zero attached hydrogens (tertiary/aromatic N) is 3. The monoisotopic (exact) mass is 415 g/mol. The lowest BCUT2D eigenvalue weighted by Crippen LogP contribution is -2.43. The van der Waals surface area contributed by atoms with Crippen molar-refractivity contribution in [1.82, 2.24) is 19.7 Å². The van der Waals surface area contributed by atoms with Crippen LogP contribution in [0, 0.1) is 19.8 Å². The van der Waals surface area contributed by atoms with Crippen LogP contribution in [0.5, 0.6) is 0 Å². The Morgan fingerprint density at radius 2 is 1.72 bits per heavy atom. The molecule has 3 rings (SSSR count). The van der Waals surface area contributed by atoms with Crippen LogP contribution < -0.4 is 10.9 Å². The number of aryl methyl sites for hydroxylation is 2. The Bertz CT molecular complexity index is 964. The van der Waals surface area contributed by atoms with Gasteiger partial charge in [0.25, 0.3) is 0 Å². The molecule has 0 unspecified atom stereocenters. The number of carbonyl (C=O) groups is 1. The van der Waals surface area contributed by atoms with Gasteiger partial charge in [-0.15, -0.1) is 0 Å². The second-order valence-electron chi connectivity index (χ2n) is 7.02. The molecule has 1 fully saturated rings. The molecule has 1 aliphatic rings. The molecule has 9 heteroatoms. The number of rotatable bonds is 6. The topological polar surface area (TPSA) is 104 Å². The number of nitrogens with one attached hydrogen (secondary N) is 2. The molecule has 0 radical (unpaired) electrons. The predicted octanol–water partition coefficient (Wildman–Crippen LogP) is 2.25. The third-order valence-corrected chi connectivity index (χ3v) is 6.26. The lowest BCUT2D eigenvalue weighted by atomic mass is 9.98. The molecular weight excluding hydrogens is 390 g/mol. The summed E-state index contributed by atoms with van der Waals surface area (Å²) in [4.78, 5) is 20.8. The van der Waals surface area contributed by atoms with Gasteiger partial charge in [-0.1, -0.05) is 30.3 Å². The molecule has 2 heterocycles. The largest absolute Gasteiger partial charge is 0.273 e. The standard InChI is InChI=1S/C20H25N5O3S/c1-15-14-16(2)22-20(21-15)24-23-19(26)18-8-11-25(12-9-18)29(27,28)13-10-17-6-4-3-5-7-17/h3-7,10,13-14,18H,8-9,11-12H2,1-2H3,(H,23,26)(H,21,22,24)/b13-10+. The number of hydrogen-bond donors (Lipinski definition) is 2. The van der Waals surface area contributed by atoms with Gasteiger partial charge in [0.15, 0.2) is 0 Å². The summed E-state index contributed by atoms with van der Waals surface area (Å²) in [5.74, 6) is -0.121. The molecule has 0 atom stereocenters. The van der Waals surface area contributed by atoms with Gasteiger partial charge in [0.1, 0.15) is 0 Å². The Balaban J connectivity index is 1.51. The van der Waals surface area contributed by atoms with Gasteiger partial charge in [0.2, 0.25) is 21.9 Å². The maximum atomic E-state index is 12.5. The average Bonchev–Trinajstić information content (AvgIpc) is 2.71. The summed E-state index contributed by atoms with van der Waals surface area (Å²) in [6, 6.07) is 11.1. The lowest BCUT2D eigenvalue weighted by Gasteiger charge is -2.29. The zero-order valence-corrected chi connectivity index (χ0v) is 17.3. The lowest BCUT2D eigenvalue weighted by molar-refractivity contribution is -0.125. The summed E-state index contributed by atoms with van der Waals surface area (Å²) in [5, 5.41) is 1.22. The molecule has 8 nitrogen and oxygen atoms in total. The maximum absolute atomic E-state index is 12.5. The first kappa shape index (κ1) is 20.9. The number of benzene rings is 1. The van der Waals surface area contributed by atoms with Crippen LogP contribution in [0.4, 0.5) is 5.95 Å². The first-order valence-electron chi connectivity index (χ1n) is 9.45. The minimum atomic E-state index is -3.51. The fourth-order valence-electron chi connectivity index (χ4n) is 3.19. The van der Waals surface area contributed by atoms with E-state index in [-0.39, 0.29) is 11.8 Å². The van der Waals surface area contributed by atoms with Crippen molar-refractivity contribution in [1.29, 1.82) is 0 Å². The van der Waals surface area contributed by atoms with Crippen LogP contribution in [0.2, 0.25) is 0 Å². The molecule has 2 aromatic rings. The number of carbonyl (C=O) groups excluding carboxylic acids is 1. The quantitative estimate of drug-likeness (QED) is 0.701. The summed E-state index contributed by atoms with van der Waals surface area (Å²) >= 11 is 0. The Morgan fingerprint density at radius 3 is 2.34 bits per heavy atom. The van der Waals surface area contributed by atoms with E-state index in [1.165, 1.54) is 9.71 Å². The molecule has 0 saturated carbocycles. The van der Waals surface area contributed by atoms with E-state index in [0.29, 0.717) is 31.9 Å². The Kier molecular flexibility index (Phi) is 6.60. The first-order valence-corrected chi connectivity index (χ1v) is 11.0. The summed E-state index contributed by atoms with van der Waals surface area (Å²) in [5.41, 5.74) is 7.79. The van der Waals surface area contributed by atoms with Crippen LogP contribution in [0.25, 0.3) is 6.08 Å². The molecule has 0 aliphatic carbocycles. The van der Waals surface area contributed by atoms with Crippen LogP contribution in [-0.2, 0) is 14.8 Å². The van der Waals surface area contributed by atoms with Gasteiger partial charge < -0.3 is 0 Å². The smallest absolute Gasteiger partial charge is 0.242 e. The van der Waals surface area contributed by atoms with Crippen LogP contribution in [0.3, 0.4) is 0 Å². The number of amides is 1. The van der Waals surface area contributed by atoms with Crippen molar-refractivity contribution in [3.05, 3.63) is 58.8 Å². The van der Waals surface area contributed by atoms with Crippen LogP contribution >= 0.6 is 0 Å². The SMILES string of the molecule is Cc1cc(C)nc(NNC(=O)C2CCN(S(=O)(=O)/C=C/c3ccccc3)CC2)n1. The van der Waals surface area contributed by atoms with E-state index < -0.39 is 10.0 Å². The Labute approximate surface area is 171 Å². The maximum Gasteiger partial charge on any atom is 0.242 e. The number of sulfonamides is 1. The highest BCUT2D eigenvalue weighted by Crippen LogP contribution is 2.21. The van der Waals surface area contributed by atoms with E-state index in [0.717, 1.165) is 17.0 Å². The minimum absolute atomic E-state index is 0.190. The summed E-state index contributed by atoms with van der Waals surface area (Å²) in [7, 11) is -3.51. The van der Waals surface area contributed by atoms with Crippen LogP contribution in [0.1, 0.15) is 29.8 Å². The van der Waals surface area contributed by atoms with Crippen molar-refractivity contribution < 1.29 is 13.2 Å². The highest BCUT2D eigenvalue weighted by Gasteiger charge is 2.30. The highest BCUT2D eigenvalue weighted by atomic mass is 32.2. The van der Waals surface area contributed by atoms with Crippen molar-refractivity contribution in [2.75, 3.05) is 18.5 Å². The molecule has 2 N–H and O–H groups in total. The van der Waals surface area contributed by atoms with E-state index in [4.69, 9.17) is 0 Å². The molecule has 1 saturated heterocycles. The summed E-state index contributed by atoms with van der Waals surface area (Å²) < 4.78 is 26.5. The Hall–Kier alpha value is -2.78. The van der Waals surface area contributed by atoms with Crippen LogP contribution in [0.15, 0.2) is 41.8 Å². The van der Waals surface area contributed by atoms with Gasteiger partial charge in [-0.3, -0.25) is 15.6 Å². The molecule has 1 aromatic carbocycles. The minimum Gasteiger partial charge on any atom is -0.273 e. The van der Waals surface area contributed by atoms with E-state index >= 15 is 0 Å². The van der Waals surface area contributed by atoms with Gasteiger partial charge in [-0.2, -0.15) is 4.31 Å². The molecule has 1 aromatic heterocycles.